The Balaban J connectivity index is 2.12. The van der Waals surface area contributed by atoms with Crippen LogP contribution in [0, 0.1) is 10.1 Å². The van der Waals surface area contributed by atoms with Gasteiger partial charge < -0.3 is 4.90 Å². The second kappa shape index (κ2) is 7.31. The summed E-state index contributed by atoms with van der Waals surface area (Å²) < 4.78 is 0. The second-order valence-corrected chi connectivity index (χ2v) is 5.22. The molecule has 0 saturated heterocycles. The fourth-order valence-corrected chi connectivity index (χ4v) is 1.94. The minimum Gasteiger partial charge on any atom is -0.378 e. The first-order chi connectivity index (χ1) is 11.0. The van der Waals surface area contributed by atoms with Crippen molar-refractivity contribution in [3.63, 3.8) is 0 Å². The van der Waals surface area contributed by atoms with E-state index in [1.54, 1.807) is 25.3 Å². The lowest BCUT2D eigenvalue weighted by atomic mass is 10.1. The molecule has 23 heavy (non-hydrogen) atoms. The quantitative estimate of drug-likeness (QED) is 0.482. The number of nitrogens with zero attached hydrogens (tertiary/aromatic N) is 4. The van der Waals surface area contributed by atoms with Crippen molar-refractivity contribution >= 4 is 23.3 Å². The summed E-state index contributed by atoms with van der Waals surface area (Å²) in [6, 6.07) is 14.3. The number of nitro groups is 1. The molecule has 0 heterocycles. The van der Waals surface area contributed by atoms with Crippen LogP contribution in [0.3, 0.4) is 0 Å². The molecule has 0 aromatic heterocycles. The number of anilines is 1. The highest BCUT2D eigenvalue weighted by Gasteiger charge is 2.06. The molecule has 2 aromatic rings. The first-order valence-electron chi connectivity index (χ1n) is 7.07. The Bertz CT molecular complexity index is 749. The number of non-ortho nitro benzene ring substituents is 1. The minimum absolute atomic E-state index is 0.0419. The van der Waals surface area contributed by atoms with Crippen LogP contribution in [0.25, 0.3) is 0 Å². The van der Waals surface area contributed by atoms with Gasteiger partial charge in [0.25, 0.3) is 5.69 Å². The molecule has 0 fully saturated rings. The van der Waals surface area contributed by atoms with Gasteiger partial charge in [-0.2, -0.15) is 10.2 Å². The van der Waals surface area contributed by atoms with E-state index in [4.69, 9.17) is 0 Å². The summed E-state index contributed by atoms with van der Waals surface area (Å²) in [5, 5.41) is 18.9. The fourth-order valence-electron chi connectivity index (χ4n) is 1.94. The maximum atomic E-state index is 10.8. The zero-order chi connectivity index (χ0) is 16.8. The molecule has 0 saturated carbocycles. The Morgan fingerprint density at radius 2 is 1.87 bits per heavy atom. The van der Waals surface area contributed by atoms with Crippen molar-refractivity contribution in [1.82, 2.24) is 0 Å². The number of benzene rings is 2. The first-order valence-corrected chi connectivity index (χ1v) is 7.07. The van der Waals surface area contributed by atoms with Crippen LogP contribution in [-0.4, -0.2) is 30.9 Å². The molecular formula is C17H18N4O2. The van der Waals surface area contributed by atoms with Gasteiger partial charge >= 0.3 is 0 Å². The van der Waals surface area contributed by atoms with Crippen molar-refractivity contribution in [3.8, 4) is 0 Å². The Hall–Kier alpha value is -3.02. The van der Waals surface area contributed by atoms with Crippen LogP contribution in [0.2, 0.25) is 0 Å². The average molecular weight is 310 g/mol. The van der Waals surface area contributed by atoms with Crippen LogP contribution >= 0.6 is 0 Å². The van der Waals surface area contributed by atoms with Gasteiger partial charge in [-0.05, 0) is 24.6 Å². The van der Waals surface area contributed by atoms with Gasteiger partial charge in [-0.15, -0.1) is 0 Å². The monoisotopic (exact) mass is 310 g/mol. The Kier molecular flexibility index (Phi) is 5.19. The Morgan fingerprint density at radius 1 is 1.17 bits per heavy atom. The third kappa shape index (κ3) is 4.47. The van der Waals surface area contributed by atoms with E-state index in [1.165, 1.54) is 12.1 Å². The average Bonchev–Trinajstić information content (AvgIpc) is 2.55. The van der Waals surface area contributed by atoms with Gasteiger partial charge in [-0.25, -0.2) is 0 Å². The molecule has 0 atom stereocenters. The largest absolute Gasteiger partial charge is 0.378 e. The van der Waals surface area contributed by atoms with Gasteiger partial charge in [0.1, 0.15) is 0 Å². The fraction of sp³-hybridized carbons (Fsp3) is 0.176. The van der Waals surface area contributed by atoms with Gasteiger partial charge in [0.05, 0.1) is 16.8 Å². The van der Waals surface area contributed by atoms with Crippen molar-refractivity contribution in [1.29, 1.82) is 0 Å². The molecule has 0 spiro atoms. The molecule has 0 radical (unpaired) electrons. The summed E-state index contributed by atoms with van der Waals surface area (Å²) in [5.74, 6) is 0. The molecule has 0 amide bonds. The predicted octanol–water partition coefficient (Wildman–Crippen LogP) is 3.50. The highest BCUT2D eigenvalue weighted by molar-refractivity contribution is 5.99. The van der Waals surface area contributed by atoms with E-state index in [-0.39, 0.29) is 5.69 Å². The van der Waals surface area contributed by atoms with Crippen LogP contribution in [0.4, 0.5) is 11.4 Å². The van der Waals surface area contributed by atoms with Crippen molar-refractivity contribution < 1.29 is 4.92 Å². The summed E-state index contributed by atoms with van der Waals surface area (Å²) in [5.41, 5.74) is 3.39. The SMILES string of the molecule is C/C(=N\N=C\c1ccc(N(C)C)cc1)c1cccc([N+](=O)[O-])c1. The number of rotatable bonds is 5. The van der Waals surface area contributed by atoms with E-state index in [0.29, 0.717) is 11.3 Å². The number of hydrogen-bond donors (Lipinski definition) is 0. The highest BCUT2D eigenvalue weighted by Crippen LogP contribution is 2.14. The van der Waals surface area contributed by atoms with Crippen LogP contribution in [0.1, 0.15) is 18.1 Å². The van der Waals surface area contributed by atoms with Crippen LogP contribution in [-0.2, 0) is 0 Å². The molecule has 2 rings (SSSR count). The molecule has 118 valence electrons. The van der Waals surface area contributed by atoms with E-state index < -0.39 is 4.92 Å². The van der Waals surface area contributed by atoms with Crippen molar-refractivity contribution in [2.45, 2.75) is 6.92 Å². The molecule has 0 aliphatic rings. The Labute approximate surface area is 134 Å². The third-order valence-electron chi connectivity index (χ3n) is 3.30. The lowest BCUT2D eigenvalue weighted by Gasteiger charge is -2.11. The van der Waals surface area contributed by atoms with E-state index >= 15 is 0 Å². The van der Waals surface area contributed by atoms with Crippen LogP contribution < -0.4 is 4.90 Å². The third-order valence-corrected chi connectivity index (χ3v) is 3.30. The molecule has 6 nitrogen and oxygen atoms in total. The predicted molar refractivity (Wildman–Crippen MR) is 93.7 cm³/mol. The number of hydrogen-bond acceptors (Lipinski definition) is 5. The maximum absolute atomic E-state index is 10.8. The zero-order valence-electron chi connectivity index (χ0n) is 13.3. The molecule has 0 N–H and O–H groups in total. The standard InChI is InChI=1S/C17H18N4O2/c1-13(15-5-4-6-17(11-15)21(22)23)19-18-12-14-7-9-16(10-8-14)20(2)3/h4-12H,1-3H3/b18-12+,19-13+. The number of nitro benzene ring substituents is 1. The van der Waals surface area contributed by atoms with Gasteiger partial charge in [-0.3, -0.25) is 10.1 Å². The first kappa shape index (κ1) is 16.4. The highest BCUT2D eigenvalue weighted by atomic mass is 16.6. The smallest absolute Gasteiger partial charge is 0.270 e. The minimum atomic E-state index is -0.424. The maximum Gasteiger partial charge on any atom is 0.270 e. The van der Waals surface area contributed by atoms with Gasteiger partial charge in [0.2, 0.25) is 0 Å². The van der Waals surface area contributed by atoms with E-state index in [2.05, 4.69) is 10.2 Å². The van der Waals surface area contributed by atoms with Crippen LogP contribution in [0.5, 0.6) is 0 Å². The van der Waals surface area contributed by atoms with Gasteiger partial charge in [0.15, 0.2) is 0 Å². The lowest BCUT2D eigenvalue weighted by Crippen LogP contribution is -2.08. The van der Waals surface area contributed by atoms with E-state index in [9.17, 15) is 10.1 Å². The molecule has 0 aliphatic heterocycles. The topological polar surface area (TPSA) is 71.1 Å². The van der Waals surface area contributed by atoms with Gasteiger partial charge in [-0.1, -0.05) is 24.3 Å². The molecule has 2 aromatic carbocycles. The molecule has 0 unspecified atom stereocenters. The molecular weight excluding hydrogens is 292 g/mol. The Morgan fingerprint density at radius 3 is 2.48 bits per heavy atom. The molecule has 6 heteroatoms. The van der Waals surface area contributed by atoms with Crippen molar-refractivity contribution in [2.75, 3.05) is 19.0 Å². The molecule has 0 bridgehead atoms. The second-order valence-electron chi connectivity index (χ2n) is 5.22. The van der Waals surface area contributed by atoms with E-state index in [1.807, 2.05) is 43.3 Å². The van der Waals surface area contributed by atoms with Gasteiger partial charge in [0, 0.05) is 37.5 Å². The summed E-state index contributed by atoms with van der Waals surface area (Å²) in [4.78, 5) is 12.4. The zero-order valence-corrected chi connectivity index (χ0v) is 13.3. The van der Waals surface area contributed by atoms with Crippen LogP contribution in [0.15, 0.2) is 58.7 Å². The van der Waals surface area contributed by atoms with Crippen molar-refractivity contribution in [2.24, 2.45) is 10.2 Å². The van der Waals surface area contributed by atoms with E-state index in [0.717, 1.165) is 11.3 Å². The summed E-state index contributed by atoms with van der Waals surface area (Å²) >= 11 is 0. The molecule has 0 aliphatic carbocycles. The summed E-state index contributed by atoms with van der Waals surface area (Å²) in [6.07, 6.45) is 1.65. The lowest BCUT2D eigenvalue weighted by molar-refractivity contribution is -0.384. The summed E-state index contributed by atoms with van der Waals surface area (Å²) in [7, 11) is 3.96. The van der Waals surface area contributed by atoms with Crippen molar-refractivity contribution in [3.05, 3.63) is 69.8 Å². The summed E-state index contributed by atoms with van der Waals surface area (Å²) in [6.45, 7) is 1.77. The normalized spacial score (nSPS) is 11.7.